The molecule has 1 unspecified atom stereocenters. The van der Waals surface area contributed by atoms with E-state index in [-0.39, 0.29) is 0 Å². The van der Waals surface area contributed by atoms with Crippen LogP contribution in [0.4, 0.5) is 0 Å². The molecule has 3 heteroatoms. The number of benzene rings is 1. The van der Waals surface area contributed by atoms with E-state index < -0.39 is 10.9 Å². The smallest absolute Gasteiger partial charge is 0.160 e. The second-order valence-electron chi connectivity index (χ2n) is 4.91. The maximum Gasteiger partial charge on any atom is 0.160 e. The van der Waals surface area contributed by atoms with Crippen LogP contribution in [0, 0.1) is 6.92 Å². The second-order valence-corrected chi connectivity index (χ2v) is 6.89. The minimum Gasteiger partial charge on any atom is -0.233 e. The van der Waals surface area contributed by atoms with Gasteiger partial charge in [-0.25, -0.2) is 9.97 Å². The number of nitrogens with zero attached hydrogens (tertiary/aromatic N) is 2. The number of hydrogen-bond acceptors (Lipinski definition) is 2. The molecule has 0 radical (unpaired) electrons. The van der Waals surface area contributed by atoms with E-state index in [4.69, 9.17) is 4.98 Å². The molecule has 3 heterocycles. The van der Waals surface area contributed by atoms with Crippen LogP contribution >= 0.6 is 10.9 Å². The fourth-order valence-corrected chi connectivity index (χ4v) is 4.48. The summed E-state index contributed by atoms with van der Waals surface area (Å²) in [5.41, 5.74) is 3.18. The van der Waals surface area contributed by atoms with Gasteiger partial charge in [0, 0.05) is 16.0 Å². The highest BCUT2D eigenvalue weighted by Gasteiger charge is 2.16. The van der Waals surface area contributed by atoms with E-state index in [9.17, 15) is 0 Å². The van der Waals surface area contributed by atoms with Crippen LogP contribution in [0.15, 0.2) is 63.9 Å². The minimum absolute atomic E-state index is 0.471. The van der Waals surface area contributed by atoms with Crippen LogP contribution < -0.4 is 0 Å². The van der Waals surface area contributed by atoms with Crippen molar-refractivity contribution < 1.29 is 0 Å². The molecule has 0 spiro atoms. The third kappa shape index (κ3) is 1.82. The van der Waals surface area contributed by atoms with E-state index in [1.807, 2.05) is 13.0 Å². The monoisotopic (exact) mass is 278 g/mol. The quantitative estimate of drug-likeness (QED) is 0.670. The predicted molar refractivity (Wildman–Crippen MR) is 85.3 cm³/mol. The van der Waals surface area contributed by atoms with E-state index in [2.05, 4.69) is 58.9 Å². The van der Waals surface area contributed by atoms with Crippen LogP contribution in [0.5, 0.6) is 0 Å². The summed E-state index contributed by atoms with van der Waals surface area (Å²) in [6, 6.07) is 16.9. The number of pyridine rings is 2. The summed E-state index contributed by atoms with van der Waals surface area (Å²) in [5, 5.41) is 4.52. The third-order valence-corrected chi connectivity index (χ3v) is 5.64. The van der Waals surface area contributed by atoms with Crippen LogP contribution in [-0.2, 0) is 0 Å². The zero-order chi connectivity index (χ0) is 13.5. The van der Waals surface area contributed by atoms with Gasteiger partial charge in [0.15, 0.2) is 5.65 Å². The van der Waals surface area contributed by atoms with Gasteiger partial charge in [0.05, 0.1) is 5.03 Å². The molecule has 1 aliphatic heterocycles. The Hall–Kier alpha value is -2.13. The predicted octanol–water partition coefficient (Wildman–Crippen LogP) is 4.34. The van der Waals surface area contributed by atoms with Gasteiger partial charge in [-0.15, -0.1) is 0 Å². The summed E-state index contributed by atoms with van der Waals surface area (Å²) in [7, 11) is -0.471. The van der Waals surface area contributed by atoms with Crippen molar-refractivity contribution in [1.82, 2.24) is 9.97 Å². The zero-order valence-corrected chi connectivity index (χ0v) is 12.0. The molecule has 0 saturated heterocycles. The van der Waals surface area contributed by atoms with Crippen molar-refractivity contribution in [1.29, 1.82) is 0 Å². The Bertz CT molecular complexity index is 839. The molecule has 0 saturated carbocycles. The fourth-order valence-electron chi connectivity index (χ4n) is 2.50. The third-order valence-electron chi connectivity index (χ3n) is 3.52. The molecule has 1 aromatic carbocycles. The minimum atomic E-state index is -0.471. The lowest BCUT2D eigenvalue weighted by molar-refractivity contribution is 1.12. The maximum atomic E-state index is 4.78. The molecular formula is C17H14N2S. The van der Waals surface area contributed by atoms with Gasteiger partial charge < -0.3 is 0 Å². The fraction of sp³-hybridized carbons (Fsp3) is 0.0588. The van der Waals surface area contributed by atoms with E-state index in [0.717, 1.165) is 21.8 Å². The Kier molecular flexibility index (Phi) is 2.60. The lowest BCUT2D eigenvalue weighted by Crippen LogP contribution is -1.91. The number of hydrogen-bond donors (Lipinski definition) is 1. The Balaban J connectivity index is 1.86. The normalized spacial score (nSPS) is 18.4. The van der Waals surface area contributed by atoms with Crippen LogP contribution in [0.3, 0.4) is 0 Å². The first-order valence-corrected chi connectivity index (χ1v) is 8.03. The SMILES string of the molecule is Cc1ccc2ccc([SH]3C=Cc4ccccc43)nc2n1. The summed E-state index contributed by atoms with van der Waals surface area (Å²) in [6.45, 7) is 2.00. The number of aromatic nitrogens is 2. The van der Waals surface area contributed by atoms with Gasteiger partial charge in [-0.05, 0) is 54.3 Å². The maximum absolute atomic E-state index is 4.78. The summed E-state index contributed by atoms with van der Waals surface area (Å²) in [4.78, 5) is 10.7. The second kappa shape index (κ2) is 4.46. The lowest BCUT2D eigenvalue weighted by atomic mass is 10.2. The van der Waals surface area contributed by atoms with Crippen LogP contribution in [0.1, 0.15) is 11.3 Å². The Morgan fingerprint density at radius 3 is 2.70 bits per heavy atom. The molecule has 0 aliphatic carbocycles. The average molecular weight is 278 g/mol. The molecule has 0 fully saturated rings. The Morgan fingerprint density at radius 2 is 1.75 bits per heavy atom. The molecule has 0 bridgehead atoms. The highest BCUT2D eigenvalue weighted by molar-refractivity contribution is 8.20. The molecule has 0 N–H and O–H groups in total. The van der Waals surface area contributed by atoms with Crippen molar-refractivity contribution in [2.45, 2.75) is 16.8 Å². The Morgan fingerprint density at radius 1 is 0.900 bits per heavy atom. The number of aryl methyl sites for hydroxylation is 1. The van der Waals surface area contributed by atoms with Gasteiger partial charge in [0.25, 0.3) is 0 Å². The van der Waals surface area contributed by atoms with E-state index in [1.165, 1.54) is 10.5 Å². The van der Waals surface area contributed by atoms with E-state index >= 15 is 0 Å². The zero-order valence-electron chi connectivity index (χ0n) is 11.1. The molecule has 98 valence electrons. The van der Waals surface area contributed by atoms with Crippen molar-refractivity contribution >= 4 is 28.0 Å². The van der Waals surface area contributed by atoms with E-state index in [1.54, 1.807) is 0 Å². The molecule has 1 atom stereocenters. The van der Waals surface area contributed by atoms with Crippen LogP contribution in [-0.4, -0.2) is 9.97 Å². The summed E-state index contributed by atoms with van der Waals surface area (Å²) >= 11 is 0. The number of thiol groups is 1. The van der Waals surface area contributed by atoms with Gasteiger partial charge in [-0.2, -0.15) is 10.9 Å². The molecule has 0 amide bonds. The standard InChI is InChI=1S/C17H14N2S/c1-12-6-7-14-8-9-16(19-17(14)18-12)20-11-10-13-4-2-3-5-15(13)20/h2-11,20H,1H3. The van der Waals surface area contributed by atoms with Gasteiger partial charge in [-0.1, -0.05) is 18.2 Å². The van der Waals surface area contributed by atoms with Crippen molar-refractivity contribution in [3.8, 4) is 0 Å². The van der Waals surface area contributed by atoms with Gasteiger partial charge in [0.1, 0.15) is 0 Å². The van der Waals surface area contributed by atoms with Crippen LogP contribution in [0.25, 0.3) is 17.1 Å². The van der Waals surface area contributed by atoms with Crippen molar-refractivity contribution in [3.05, 3.63) is 65.2 Å². The first-order chi connectivity index (χ1) is 9.81. The van der Waals surface area contributed by atoms with Crippen molar-refractivity contribution in [2.75, 3.05) is 0 Å². The van der Waals surface area contributed by atoms with Crippen molar-refractivity contribution in [2.24, 2.45) is 0 Å². The molecule has 3 aromatic rings. The van der Waals surface area contributed by atoms with Crippen LogP contribution in [0.2, 0.25) is 0 Å². The topological polar surface area (TPSA) is 25.8 Å². The molecule has 1 aliphatic rings. The molecule has 2 nitrogen and oxygen atoms in total. The largest absolute Gasteiger partial charge is 0.233 e. The van der Waals surface area contributed by atoms with Gasteiger partial charge in [-0.3, -0.25) is 0 Å². The summed E-state index contributed by atoms with van der Waals surface area (Å²) in [6.07, 6.45) is 2.20. The number of fused-ring (bicyclic) bond motifs is 2. The number of rotatable bonds is 1. The molecule has 4 rings (SSSR count). The first-order valence-electron chi connectivity index (χ1n) is 6.62. The van der Waals surface area contributed by atoms with Gasteiger partial charge in [0.2, 0.25) is 0 Å². The summed E-state index contributed by atoms with van der Waals surface area (Å²) < 4.78 is 0. The first kappa shape index (κ1) is 11.7. The van der Waals surface area contributed by atoms with Gasteiger partial charge >= 0.3 is 0 Å². The average Bonchev–Trinajstić information content (AvgIpc) is 2.90. The summed E-state index contributed by atoms with van der Waals surface area (Å²) in [5.74, 6) is 0. The highest BCUT2D eigenvalue weighted by atomic mass is 32.2. The molecule has 20 heavy (non-hydrogen) atoms. The molecular weight excluding hydrogens is 264 g/mol. The Labute approximate surface area is 120 Å². The molecule has 2 aromatic heterocycles. The van der Waals surface area contributed by atoms with E-state index in [0.29, 0.717) is 0 Å². The lowest BCUT2D eigenvalue weighted by Gasteiger charge is -2.15. The van der Waals surface area contributed by atoms with Crippen molar-refractivity contribution in [3.63, 3.8) is 0 Å². The highest BCUT2D eigenvalue weighted by Crippen LogP contribution is 2.51.